The quantitative estimate of drug-likeness (QED) is 0.628. The van der Waals surface area contributed by atoms with Crippen LogP contribution in [0.1, 0.15) is 22.8 Å². The van der Waals surface area contributed by atoms with Gasteiger partial charge in [0.05, 0.1) is 17.3 Å². The van der Waals surface area contributed by atoms with Crippen LogP contribution in [0.25, 0.3) is 6.08 Å². The zero-order chi connectivity index (χ0) is 16.7. The summed E-state index contributed by atoms with van der Waals surface area (Å²) >= 11 is 3.35. The van der Waals surface area contributed by atoms with Crippen LogP contribution in [0.5, 0.6) is 5.75 Å². The highest BCUT2D eigenvalue weighted by molar-refractivity contribution is 9.10. The van der Waals surface area contributed by atoms with E-state index >= 15 is 0 Å². The number of methoxy groups -OCH3 is 1. The van der Waals surface area contributed by atoms with Gasteiger partial charge in [0.25, 0.3) is 5.91 Å². The smallest absolute Gasteiger partial charge is 0.271 e. The van der Waals surface area contributed by atoms with Gasteiger partial charge in [-0.05, 0) is 52.7 Å². The first-order valence-corrected chi connectivity index (χ1v) is 7.81. The molecule has 4 nitrogen and oxygen atoms in total. The maximum absolute atomic E-state index is 12.1. The molecule has 0 aliphatic heterocycles. The number of allylic oxidation sites excluding steroid dienone is 1. The minimum absolute atomic E-state index is 0.277. The molecule has 2 aromatic rings. The van der Waals surface area contributed by atoms with E-state index in [1.54, 1.807) is 25.3 Å². The van der Waals surface area contributed by atoms with Crippen molar-refractivity contribution in [1.29, 1.82) is 0 Å². The lowest BCUT2D eigenvalue weighted by molar-refractivity contribution is 0.0954. The molecule has 0 aliphatic rings. The largest absolute Gasteiger partial charge is 0.496 e. The fourth-order valence-electron chi connectivity index (χ4n) is 1.83. The summed E-state index contributed by atoms with van der Waals surface area (Å²) in [4.78, 5) is 12.1. The van der Waals surface area contributed by atoms with E-state index < -0.39 is 0 Å². The second kappa shape index (κ2) is 8.29. The lowest BCUT2D eigenvalue weighted by Gasteiger charge is -2.05. The number of carbonyl (C=O) groups excluding carboxylic acids is 1. The first-order chi connectivity index (χ1) is 11.1. The Balaban J connectivity index is 2.00. The van der Waals surface area contributed by atoms with E-state index in [1.807, 2.05) is 49.4 Å². The molecule has 0 saturated heterocycles. The fraction of sp³-hybridized carbons (Fsp3) is 0.111. The molecule has 2 rings (SSSR count). The number of halogens is 1. The normalized spacial score (nSPS) is 11.5. The summed E-state index contributed by atoms with van der Waals surface area (Å²) in [7, 11) is 1.58. The number of hydrogen-bond acceptors (Lipinski definition) is 3. The zero-order valence-electron chi connectivity index (χ0n) is 12.9. The predicted octanol–water partition coefficient (Wildman–Crippen LogP) is 4.28. The molecule has 0 spiro atoms. The molecule has 0 bridgehead atoms. The topological polar surface area (TPSA) is 50.7 Å². The highest BCUT2D eigenvalue weighted by atomic mass is 79.9. The van der Waals surface area contributed by atoms with Gasteiger partial charge in [-0.15, -0.1) is 0 Å². The Morgan fingerprint density at radius 3 is 2.61 bits per heavy atom. The van der Waals surface area contributed by atoms with Gasteiger partial charge in [0.1, 0.15) is 5.75 Å². The molecule has 0 aliphatic carbocycles. The van der Waals surface area contributed by atoms with Crippen molar-refractivity contribution in [2.45, 2.75) is 6.92 Å². The van der Waals surface area contributed by atoms with Crippen molar-refractivity contribution in [1.82, 2.24) is 5.43 Å². The highest BCUT2D eigenvalue weighted by Crippen LogP contribution is 2.25. The Morgan fingerprint density at radius 2 is 1.96 bits per heavy atom. The predicted molar refractivity (Wildman–Crippen MR) is 96.7 cm³/mol. The van der Waals surface area contributed by atoms with Crippen LogP contribution in [0, 0.1) is 0 Å². The fourth-order valence-corrected chi connectivity index (χ4v) is 2.37. The van der Waals surface area contributed by atoms with Crippen molar-refractivity contribution >= 4 is 33.6 Å². The number of amides is 1. The molecule has 23 heavy (non-hydrogen) atoms. The monoisotopic (exact) mass is 372 g/mol. The molecule has 2 aromatic carbocycles. The van der Waals surface area contributed by atoms with Gasteiger partial charge in [-0.3, -0.25) is 4.79 Å². The molecule has 0 unspecified atom stereocenters. The number of nitrogens with one attached hydrogen (secondary N) is 1. The number of hydrazone groups is 1. The number of hydrogen-bond donors (Lipinski definition) is 1. The number of carbonyl (C=O) groups is 1. The first kappa shape index (κ1) is 17.0. The summed E-state index contributed by atoms with van der Waals surface area (Å²) in [5.74, 6) is 0.396. The van der Waals surface area contributed by atoms with Crippen LogP contribution in [0.15, 0.2) is 64.2 Å². The minimum Gasteiger partial charge on any atom is -0.496 e. The molecule has 0 heterocycles. The SMILES string of the molecule is COc1ccc(C(=O)NN=C(C)C=Cc2ccccc2)cc1Br. The summed E-state index contributed by atoms with van der Waals surface area (Å²) < 4.78 is 5.86. The average molecular weight is 373 g/mol. The van der Waals surface area contributed by atoms with Gasteiger partial charge in [-0.1, -0.05) is 36.4 Å². The molecular weight excluding hydrogens is 356 g/mol. The van der Waals surface area contributed by atoms with Gasteiger partial charge in [0.2, 0.25) is 0 Å². The molecule has 1 amide bonds. The molecule has 0 atom stereocenters. The Labute approximate surface area is 144 Å². The second-order valence-electron chi connectivity index (χ2n) is 4.79. The maximum atomic E-state index is 12.1. The molecule has 5 heteroatoms. The molecule has 0 saturated carbocycles. The van der Waals surface area contributed by atoms with Crippen LogP contribution in [0.2, 0.25) is 0 Å². The van der Waals surface area contributed by atoms with Crippen LogP contribution in [-0.2, 0) is 0 Å². The van der Waals surface area contributed by atoms with E-state index in [0.29, 0.717) is 17.0 Å². The van der Waals surface area contributed by atoms with Crippen LogP contribution >= 0.6 is 15.9 Å². The summed E-state index contributed by atoms with van der Waals surface area (Å²) in [6.45, 7) is 1.82. The van der Waals surface area contributed by atoms with E-state index in [2.05, 4.69) is 26.5 Å². The summed E-state index contributed by atoms with van der Waals surface area (Å²) in [6.07, 6.45) is 3.79. The summed E-state index contributed by atoms with van der Waals surface area (Å²) in [5, 5.41) is 4.07. The van der Waals surface area contributed by atoms with E-state index in [0.717, 1.165) is 10.0 Å². The van der Waals surface area contributed by atoms with Gasteiger partial charge >= 0.3 is 0 Å². The molecule has 0 aromatic heterocycles. The summed E-state index contributed by atoms with van der Waals surface area (Å²) in [5.41, 5.74) is 4.82. The molecule has 118 valence electrons. The Bertz CT molecular complexity index is 740. The van der Waals surface area contributed by atoms with Gasteiger partial charge in [-0.25, -0.2) is 5.43 Å². The van der Waals surface area contributed by atoms with Crippen molar-refractivity contribution < 1.29 is 9.53 Å². The van der Waals surface area contributed by atoms with Crippen molar-refractivity contribution in [2.24, 2.45) is 5.10 Å². The van der Waals surface area contributed by atoms with Crippen molar-refractivity contribution in [2.75, 3.05) is 7.11 Å². The number of nitrogens with zero attached hydrogens (tertiary/aromatic N) is 1. The van der Waals surface area contributed by atoms with E-state index in [1.165, 1.54) is 0 Å². The van der Waals surface area contributed by atoms with Crippen LogP contribution in [-0.4, -0.2) is 18.7 Å². The zero-order valence-corrected chi connectivity index (χ0v) is 14.5. The van der Waals surface area contributed by atoms with Crippen LogP contribution in [0.4, 0.5) is 0 Å². The van der Waals surface area contributed by atoms with Crippen molar-refractivity contribution in [3.05, 3.63) is 70.2 Å². The van der Waals surface area contributed by atoms with Gasteiger partial charge in [0, 0.05) is 5.56 Å². The lowest BCUT2D eigenvalue weighted by atomic mass is 10.2. The van der Waals surface area contributed by atoms with Crippen LogP contribution < -0.4 is 10.2 Å². The number of benzene rings is 2. The number of ether oxygens (including phenoxy) is 1. The van der Waals surface area contributed by atoms with Gasteiger partial charge in [-0.2, -0.15) is 5.10 Å². The van der Waals surface area contributed by atoms with E-state index in [9.17, 15) is 4.79 Å². The highest BCUT2D eigenvalue weighted by Gasteiger charge is 2.08. The molecule has 0 radical (unpaired) electrons. The van der Waals surface area contributed by atoms with Gasteiger partial charge in [0.15, 0.2) is 0 Å². The van der Waals surface area contributed by atoms with E-state index in [4.69, 9.17) is 4.74 Å². The third kappa shape index (κ3) is 5.07. The van der Waals surface area contributed by atoms with Crippen molar-refractivity contribution in [3.8, 4) is 5.75 Å². The molecule has 1 N–H and O–H groups in total. The number of rotatable bonds is 5. The third-order valence-electron chi connectivity index (χ3n) is 3.06. The van der Waals surface area contributed by atoms with E-state index in [-0.39, 0.29) is 5.91 Å². The van der Waals surface area contributed by atoms with Crippen LogP contribution in [0.3, 0.4) is 0 Å². The van der Waals surface area contributed by atoms with Gasteiger partial charge < -0.3 is 4.74 Å². The Morgan fingerprint density at radius 1 is 1.22 bits per heavy atom. The average Bonchev–Trinajstić information content (AvgIpc) is 2.58. The summed E-state index contributed by atoms with van der Waals surface area (Å²) in [6, 6.07) is 15.0. The Kier molecular flexibility index (Phi) is 6.11. The maximum Gasteiger partial charge on any atom is 0.271 e. The van der Waals surface area contributed by atoms with Crippen molar-refractivity contribution in [3.63, 3.8) is 0 Å². The Hall–Kier alpha value is -2.40. The molecular formula is C18H17BrN2O2. The first-order valence-electron chi connectivity index (χ1n) is 7.01. The molecule has 0 fully saturated rings. The minimum atomic E-state index is -0.277. The third-order valence-corrected chi connectivity index (χ3v) is 3.68. The lowest BCUT2D eigenvalue weighted by Crippen LogP contribution is -2.18. The standard InChI is InChI=1S/C18H17BrN2O2/c1-13(8-9-14-6-4-3-5-7-14)20-21-18(22)15-10-11-17(23-2)16(19)12-15/h3-12H,1-2H3,(H,21,22). The second-order valence-corrected chi connectivity index (χ2v) is 5.64.